The Balaban J connectivity index is 4.50. The Morgan fingerprint density at radius 3 is 1.75 bits per heavy atom. The van der Waals surface area contributed by atoms with Crippen LogP contribution in [0, 0.1) is 0 Å². The lowest BCUT2D eigenvalue weighted by molar-refractivity contribution is -0.161. The summed E-state index contributed by atoms with van der Waals surface area (Å²) in [6.07, 6.45) is 33.9. The van der Waals surface area contributed by atoms with Gasteiger partial charge in [-0.15, -0.1) is 0 Å². The largest absolute Gasteiger partial charge is 0.472 e. The molecule has 1 unspecified atom stereocenters. The van der Waals surface area contributed by atoms with E-state index in [1.165, 1.54) is 51.4 Å². The molecule has 5 atom stereocenters. The predicted molar refractivity (Wildman–Crippen MR) is 226 cm³/mol. The maximum atomic E-state index is 12.6. The first-order chi connectivity index (χ1) is 27.5. The summed E-state index contributed by atoms with van der Waals surface area (Å²) < 4.78 is 32.5. The van der Waals surface area contributed by atoms with Gasteiger partial charge in [0.1, 0.15) is 12.7 Å². The number of carbonyl (C=O) groups excluding carboxylic acids is 2. The molecule has 0 bridgehead atoms. The lowest BCUT2D eigenvalue weighted by Gasteiger charge is -2.20. The Morgan fingerprint density at radius 1 is 0.579 bits per heavy atom. The summed E-state index contributed by atoms with van der Waals surface area (Å²) in [5.41, 5.74) is 0. The molecule has 0 aromatic heterocycles. The molecule has 0 aliphatic rings. The number of rotatable bonds is 40. The molecule has 0 rings (SSSR count). The van der Waals surface area contributed by atoms with E-state index in [4.69, 9.17) is 19.1 Å². The van der Waals surface area contributed by atoms with Crippen molar-refractivity contribution >= 4 is 19.8 Å². The lowest BCUT2D eigenvalue weighted by atomic mass is 10.0. The number of hydrogen-bond acceptors (Lipinski definition) is 11. The molecule has 332 valence electrons. The van der Waals surface area contributed by atoms with Crippen LogP contribution in [0.25, 0.3) is 0 Å². The van der Waals surface area contributed by atoms with E-state index in [9.17, 15) is 34.4 Å². The van der Waals surface area contributed by atoms with Crippen LogP contribution in [0.15, 0.2) is 48.6 Å². The minimum Gasteiger partial charge on any atom is -0.462 e. The highest BCUT2D eigenvalue weighted by Crippen LogP contribution is 2.43. The number of aliphatic hydroxyl groups is 4. The van der Waals surface area contributed by atoms with Crippen LogP contribution in [0.5, 0.6) is 0 Å². The second-order valence-corrected chi connectivity index (χ2v) is 16.1. The molecular weight excluding hydrogens is 751 g/mol. The van der Waals surface area contributed by atoms with Crippen molar-refractivity contribution in [2.45, 2.75) is 192 Å². The van der Waals surface area contributed by atoms with E-state index in [0.29, 0.717) is 32.1 Å². The molecule has 0 spiro atoms. The second kappa shape index (κ2) is 39.3. The summed E-state index contributed by atoms with van der Waals surface area (Å²) in [4.78, 5) is 35.0. The minimum atomic E-state index is -4.67. The molecule has 0 fully saturated rings. The van der Waals surface area contributed by atoms with Crippen molar-refractivity contribution in [3.8, 4) is 0 Å². The number of phosphoric acid groups is 1. The SMILES string of the molecule is CCCCC/C=C\C[C@@H](O)[C@H](O)CCCCCCCC(=O)OC[C@H](COP(=O)(O)OC[C@@H](O)CO)OC(=O)CCC/C=C\C/C=C\C/C=C\CCCCCCCC. The first-order valence-electron chi connectivity index (χ1n) is 21.8. The maximum Gasteiger partial charge on any atom is 0.472 e. The fraction of sp³-hybridized carbons (Fsp3) is 0.773. The van der Waals surface area contributed by atoms with Crippen molar-refractivity contribution in [3.05, 3.63) is 48.6 Å². The van der Waals surface area contributed by atoms with Crippen LogP contribution < -0.4 is 0 Å². The quantitative estimate of drug-likeness (QED) is 0.0171. The average molecular weight is 831 g/mol. The summed E-state index contributed by atoms with van der Waals surface area (Å²) in [7, 11) is -4.67. The van der Waals surface area contributed by atoms with Crippen molar-refractivity contribution < 1.29 is 58.0 Å². The van der Waals surface area contributed by atoms with E-state index >= 15 is 0 Å². The Bertz CT molecular complexity index is 1120. The van der Waals surface area contributed by atoms with Gasteiger partial charge in [0.05, 0.1) is 32.0 Å². The number of aliphatic hydroxyl groups excluding tert-OH is 4. The van der Waals surface area contributed by atoms with Gasteiger partial charge in [-0.3, -0.25) is 18.6 Å². The highest BCUT2D eigenvalue weighted by molar-refractivity contribution is 7.47. The summed E-state index contributed by atoms with van der Waals surface area (Å²) >= 11 is 0. The third-order valence-electron chi connectivity index (χ3n) is 9.16. The van der Waals surface area contributed by atoms with Crippen molar-refractivity contribution in [3.63, 3.8) is 0 Å². The first-order valence-corrected chi connectivity index (χ1v) is 23.3. The number of hydrogen-bond donors (Lipinski definition) is 5. The van der Waals surface area contributed by atoms with Crippen molar-refractivity contribution in [2.24, 2.45) is 0 Å². The lowest BCUT2D eigenvalue weighted by Crippen LogP contribution is -2.29. The van der Waals surface area contributed by atoms with Crippen LogP contribution in [0.1, 0.15) is 168 Å². The highest BCUT2D eigenvalue weighted by Gasteiger charge is 2.27. The van der Waals surface area contributed by atoms with Gasteiger partial charge in [0, 0.05) is 12.8 Å². The normalized spacial score (nSPS) is 15.4. The number of ether oxygens (including phenoxy) is 2. The minimum absolute atomic E-state index is 0.0795. The number of esters is 2. The van der Waals surface area contributed by atoms with Crippen LogP contribution in [-0.2, 0) is 32.7 Å². The first kappa shape index (κ1) is 54.9. The summed E-state index contributed by atoms with van der Waals surface area (Å²) in [6, 6.07) is 0. The molecule has 0 heterocycles. The fourth-order valence-corrected chi connectivity index (χ4v) is 6.41. The fourth-order valence-electron chi connectivity index (χ4n) is 5.62. The molecule has 0 aromatic carbocycles. The smallest absolute Gasteiger partial charge is 0.462 e. The molecule has 0 aliphatic heterocycles. The van der Waals surface area contributed by atoms with Gasteiger partial charge in [-0.1, -0.05) is 133 Å². The van der Waals surface area contributed by atoms with Gasteiger partial charge in [0.15, 0.2) is 6.10 Å². The van der Waals surface area contributed by atoms with Crippen LogP contribution >= 0.6 is 7.82 Å². The maximum absolute atomic E-state index is 12.6. The molecule has 57 heavy (non-hydrogen) atoms. The summed E-state index contributed by atoms with van der Waals surface area (Å²) in [6.45, 7) is 2.07. The summed E-state index contributed by atoms with van der Waals surface area (Å²) in [5, 5.41) is 38.7. The predicted octanol–water partition coefficient (Wildman–Crippen LogP) is 9.28. The molecule has 0 saturated carbocycles. The van der Waals surface area contributed by atoms with Crippen molar-refractivity contribution in [1.82, 2.24) is 0 Å². The van der Waals surface area contributed by atoms with E-state index < -0.39 is 70.6 Å². The molecule has 13 heteroatoms. The molecular formula is C44H79O12P. The zero-order chi connectivity index (χ0) is 42.2. The molecule has 0 saturated heterocycles. The van der Waals surface area contributed by atoms with Crippen molar-refractivity contribution in [1.29, 1.82) is 0 Å². The van der Waals surface area contributed by atoms with E-state index in [1.54, 1.807) is 0 Å². The van der Waals surface area contributed by atoms with Gasteiger partial charge < -0.3 is 34.8 Å². The van der Waals surface area contributed by atoms with Crippen LogP contribution in [0.3, 0.4) is 0 Å². The zero-order valence-electron chi connectivity index (χ0n) is 35.3. The zero-order valence-corrected chi connectivity index (χ0v) is 36.2. The van der Waals surface area contributed by atoms with E-state index in [1.807, 2.05) is 18.2 Å². The van der Waals surface area contributed by atoms with Crippen LogP contribution in [-0.4, -0.2) is 88.1 Å². The molecule has 12 nitrogen and oxygen atoms in total. The Morgan fingerprint density at radius 2 is 1.09 bits per heavy atom. The number of carbonyl (C=O) groups is 2. The van der Waals surface area contributed by atoms with Crippen molar-refractivity contribution in [2.75, 3.05) is 26.4 Å². The third kappa shape index (κ3) is 37.8. The molecule has 0 amide bonds. The second-order valence-electron chi connectivity index (χ2n) is 14.7. The van der Waals surface area contributed by atoms with Gasteiger partial charge >= 0.3 is 19.8 Å². The Labute approximate surface area is 344 Å². The number of unbranched alkanes of at least 4 members (excludes halogenated alkanes) is 14. The van der Waals surface area contributed by atoms with E-state index in [2.05, 4.69) is 48.8 Å². The van der Waals surface area contributed by atoms with Gasteiger partial charge in [0.25, 0.3) is 0 Å². The van der Waals surface area contributed by atoms with Gasteiger partial charge in [0.2, 0.25) is 0 Å². The monoisotopic (exact) mass is 831 g/mol. The van der Waals surface area contributed by atoms with Gasteiger partial charge in [-0.2, -0.15) is 0 Å². The Kier molecular flexibility index (Phi) is 37.8. The number of allylic oxidation sites excluding steroid dienone is 7. The van der Waals surface area contributed by atoms with Crippen LogP contribution in [0.4, 0.5) is 0 Å². The van der Waals surface area contributed by atoms with Crippen LogP contribution in [0.2, 0.25) is 0 Å². The Hall–Kier alpha value is -2.15. The average Bonchev–Trinajstić information content (AvgIpc) is 3.19. The van der Waals surface area contributed by atoms with Gasteiger partial charge in [-0.25, -0.2) is 4.57 Å². The topological polar surface area (TPSA) is 189 Å². The van der Waals surface area contributed by atoms with E-state index in [0.717, 1.165) is 57.8 Å². The third-order valence-corrected chi connectivity index (χ3v) is 10.1. The van der Waals surface area contributed by atoms with Gasteiger partial charge in [-0.05, 0) is 70.6 Å². The standard InChI is InChI=1S/C44H79O12P/c1-3-5-7-9-11-12-13-14-15-16-17-18-19-20-21-25-30-34-44(50)56-40(38-55-57(51,52)54-36-39(46)35-45)37-53-43(49)33-29-26-22-24-28-32-42(48)41(47)31-27-23-10-8-6-4-2/h14-15,17-18,20-21,23,27,39-42,45-48H,3-13,16,19,22,24-26,28-38H2,1-2H3,(H,51,52)/b15-14-,18-17-,21-20-,27-23-/t39-,40+,41+,42+/m0/s1. The highest BCUT2D eigenvalue weighted by atomic mass is 31.2. The molecule has 0 aliphatic carbocycles. The molecule has 0 radical (unpaired) electrons. The van der Waals surface area contributed by atoms with E-state index in [-0.39, 0.29) is 12.8 Å². The molecule has 0 aromatic rings. The summed E-state index contributed by atoms with van der Waals surface area (Å²) in [5.74, 6) is -1.10. The molecule has 5 N–H and O–H groups in total. The number of phosphoric ester groups is 1.